The van der Waals surface area contributed by atoms with E-state index in [2.05, 4.69) is 66.7 Å². The van der Waals surface area contributed by atoms with Crippen LogP contribution in [0.25, 0.3) is 0 Å². The summed E-state index contributed by atoms with van der Waals surface area (Å²) in [5, 5.41) is 4.03. The Labute approximate surface area is 169 Å². The van der Waals surface area contributed by atoms with E-state index in [0.717, 1.165) is 4.90 Å². The average Bonchev–Trinajstić information content (AvgIpc) is 2.64. The predicted molar refractivity (Wildman–Crippen MR) is 121 cm³/mol. The molecular formula is C23H23BOPS. The first-order valence-corrected chi connectivity index (χ1v) is 10.8. The van der Waals surface area contributed by atoms with Crippen LogP contribution in [0, 0.1) is 5.41 Å². The molecule has 0 aliphatic rings. The molecular weight excluding hydrogens is 366 g/mol. The summed E-state index contributed by atoms with van der Waals surface area (Å²) >= 11 is 1.37. The Kier molecular flexibility index (Phi) is 7.47. The summed E-state index contributed by atoms with van der Waals surface area (Å²) in [6, 6.07) is 29.5. The fraction of sp³-hybridized carbons (Fsp3) is 0.174. The van der Waals surface area contributed by atoms with Crippen molar-refractivity contribution in [1.29, 1.82) is 0 Å². The van der Waals surface area contributed by atoms with Crippen LogP contribution in [0.5, 0.6) is 0 Å². The van der Waals surface area contributed by atoms with Crippen molar-refractivity contribution >= 4 is 49.1 Å². The summed E-state index contributed by atoms with van der Waals surface area (Å²) in [5.74, 6) is 0. The Bertz CT molecular complexity index is 836. The molecule has 3 rings (SSSR count). The number of carbonyl (C=O) groups excluding carboxylic acids is 1. The van der Waals surface area contributed by atoms with E-state index in [1.54, 1.807) is 0 Å². The number of hydrogen-bond donors (Lipinski definition) is 0. The summed E-state index contributed by atoms with van der Waals surface area (Å²) in [7, 11) is -0.706. The fourth-order valence-electron chi connectivity index (χ4n) is 2.56. The van der Waals surface area contributed by atoms with Gasteiger partial charge in [0, 0.05) is 18.7 Å². The van der Waals surface area contributed by atoms with Crippen molar-refractivity contribution < 1.29 is 4.79 Å². The molecule has 3 aromatic carbocycles. The fourth-order valence-corrected chi connectivity index (χ4v) is 6.12. The molecule has 0 bridgehead atoms. The Morgan fingerprint density at radius 2 is 1.19 bits per heavy atom. The number of benzene rings is 3. The second kappa shape index (κ2) is 9.40. The van der Waals surface area contributed by atoms with Gasteiger partial charge in [0.2, 0.25) is 0 Å². The zero-order chi connectivity index (χ0) is 18.6. The van der Waals surface area contributed by atoms with Crippen LogP contribution >= 0.6 is 19.7 Å². The number of hydrogen-bond acceptors (Lipinski definition) is 2. The standard InChI is InChI=1S/C23H23OPS.B/c1-23(2,3)22(24)26-21-17-11-10-16-20(21)25(18-12-6-4-7-13-18)19-14-8-5-9-15-19;/h4-17H,1-3H3;. The van der Waals surface area contributed by atoms with Crippen LogP contribution in [0.1, 0.15) is 20.8 Å². The molecule has 0 saturated carbocycles. The van der Waals surface area contributed by atoms with Crippen LogP contribution in [0.2, 0.25) is 0 Å². The molecule has 0 unspecified atom stereocenters. The third-order valence-electron chi connectivity index (χ3n) is 3.95. The molecule has 0 heterocycles. The second-order valence-electron chi connectivity index (χ2n) is 7.11. The van der Waals surface area contributed by atoms with Crippen molar-refractivity contribution in [2.45, 2.75) is 25.7 Å². The van der Waals surface area contributed by atoms with Gasteiger partial charge in [0.15, 0.2) is 5.12 Å². The molecule has 0 N–H and O–H groups in total. The summed E-state index contributed by atoms with van der Waals surface area (Å²) in [6.45, 7) is 5.92. The molecule has 0 aliphatic heterocycles. The van der Waals surface area contributed by atoms with Crippen molar-refractivity contribution in [2.24, 2.45) is 5.41 Å². The molecule has 0 atom stereocenters. The maximum atomic E-state index is 12.7. The van der Waals surface area contributed by atoms with E-state index in [1.807, 2.05) is 39.0 Å². The third-order valence-corrected chi connectivity index (χ3v) is 7.98. The van der Waals surface area contributed by atoms with Crippen LogP contribution in [0.4, 0.5) is 0 Å². The summed E-state index contributed by atoms with van der Waals surface area (Å²) < 4.78 is 0. The maximum absolute atomic E-state index is 12.7. The first-order valence-electron chi connectivity index (χ1n) is 8.68. The molecule has 0 saturated heterocycles. The van der Waals surface area contributed by atoms with Gasteiger partial charge in [-0.1, -0.05) is 111 Å². The minimum Gasteiger partial charge on any atom is -0.286 e. The van der Waals surface area contributed by atoms with Gasteiger partial charge < -0.3 is 0 Å². The van der Waals surface area contributed by atoms with Crippen molar-refractivity contribution in [3.63, 3.8) is 0 Å². The number of carbonyl (C=O) groups is 1. The van der Waals surface area contributed by atoms with Crippen molar-refractivity contribution in [2.75, 3.05) is 0 Å². The molecule has 27 heavy (non-hydrogen) atoms. The van der Waals surface area contributed by atoms with Crippen molar-refractivity contribution in [3.8, 4) is 0 Å². The lowest BCUT2D eigenvalue weighted by Gasteiger charge is -2.23. The third kappa shape index (κ3) is 5.34. The average molecular weight is 389 g/mol. The highest BCUT2D eigenvalue weighted by Gasteiger charge is 2.25. The van der Waals surface area contributed by atoms with Gasteiger partial charge in [-0.2, -0.15) is 0 Å². The van der Waals surface area contributed by atoms with Gasteiger partial charge in [-0.05, 0) is 29.9 Å². The quantitative estimate of drug-likeness (QED) is 0.365. The van der Waals surface area contributed by atoms with Crippen molar-refractivity contribution in [3.05, 3.63) is 84.9 Å². The van der Waals surface area contributed by atoms with Crippen LogP contribution in [0.3, 0.4) is 0 Å². The Balaban J connectivity index is 0.00000261. The zero-order valence-electron chi connectivity index (χ0n) is 15.9. The molecule has 0 aromatic heterocycles. The van der Waals surface area contributed by atoms with Gasteiger partial charge in [-0.25, -0.2) is 0 Å². The lowest BCUT2D eigenvalue weighted by molar-refractivity contribution is -0.117. The zero-order valence-corrected chi connectivity index (χ0v) is 17.6. The normalized spacial score (nSPS) is 11.1. The Morgan fingerprint density at radius 3 is 1.67 bits per heavy atom. The first-order chi connectivity index (χ1) is 12.5. The molecule has 0 aliphatic carbocycles. The first kappa shape index (κ1) is 21.5. The monoisotopic (exact) mass is 389 g/mol. The summed E-state index contributed by atoms with van der Waals surface area (Å²) in [5.41, 5.74) is -0.361. The van der Waals surface area contributed by atoms with Gasteiger partial charge in [0.25, 0.3) is 0 Å². The van der Waals surface area contributed by atoms with E-state index < -0.39 is 7.92 Å². The highest BCUT2D eigenvalue weighted by molar-refractivity contribution is 8.14. The summed E-state index contributed by atoms with van der Waals surface area (Å²) in [4.78, 5) is 13.7. The van der Waals surface area contributed by atoms with Gasteiger partial charge in [-0.15, -0.1) is 0 Å². The van der Waals surface area contributed by atoms with Gasteiger partial charge >= 0.3 is 0 Å². The van der Waals surface area contributed by atoms with E-state index in [0.29, 0.717) is 0 Å². The highest BCUT2D eigenvalue weighted by atomic mass is 32.2. The van der Waals surface area contributed by atoms with Crippen LogP contribution < -0.4 is 15.9 Å². The van der Waals surface area contributed by atoms with Crippen LogP contribution in [-0.4, -0.2) is 13.5 Å². The lowest BCUT2D eigenvalue weighted by Crippen LogP contribution is -2.23. The van der Waals surface area contributed by atoms with Crippen LogP contribution in [0.15, 0.2) is 89.8 Å². The molecule has 3 aromatic rings. The number of rotatable bonds is 4. The minimum atomic E-state index is -0.706. The molecule has 0 spiro atoms. The van der Waals surface area contributed by atoms with Crippen molar-refractivity contribution in [1.82, 2.24) is 0 Å². The SMILES string of the molecule is CC(C)(C)C(=O)Sc1ccccc1P(c1ccccc1)c1ccccc1.[B]. The van der Waals surface area contributed by atoms with Crippen LogP contribution in [-0.2, 0) is 4.79 Å². The van der Waals surface area contributed by atoms with E-state index >= 15 is 0 Å². The molecule has 1 nitrogen and oxygen atoms in total. The lowest BCUT2D eigenvalue weighted by atomic mass is 10.00. The molecule has 4 heteroatoms. The van der Waals surface area contributed by atoms with E-state index in [4.69, 9.17) is 0 Å². The predicted octanol–water partition coefficient (Wildman–Crippen LogP) is 4.73. The largest absolute Gasteiger partial charge is 0.286 e. The highest BCUT2D eigenvalue weighted by Crippen LogP contribution is 2.38. The van der Waals surface area contributed by atoms with E-state index in [9.17, 15) is 4.79 Å². The molecule has 0 amide bonds. The van der Waals surface area contributed by atoms with E-state index in [1.165, 1.54) is 27.7 Å². The van der Waals surface area contributed by atoms with E-state index in [-0.39, 0.29) is 18.9 Å². The Morgan fingerprint density at radius 1 is 0.741 bits per heavy atom. The molecule has 135 valence electrons. The Hall–Kier alpha value is -1.83. The minimum absolute atomic E-state index is 0. The topological polar surface area (TPSA) is 17.1 Å². The molecule has 0 fully saturated rings. The number of thioether (sulfide) groups is 1. The van der Waals surface area contributed by atoms with Gasteiger partial charge in [0.1, 0.15) is 0 Å². The second-order valence-corrected chi connectivity index (χ2v) is 10.3. The summed E-state index contributed by atoms with van der Waals surface area (Å²) in [6.07, 6.45) is 0. The maximum Gasteiger partial charge on any atom is 0.199 e. The molecule has 3 radical (unpaired) electrons. The van der Waals surface area contributed by atoms with Gasteiger partial charge in [-0.3, -0.25) is 4.79 Å². The smallest absolute Gasteiger partial charge is 0.199 e. The van der Waals surface area contributed by atoms with Gasteiger partial charge in [0.05, 0.1) is 0 Å².